The second kappa shape index (κ2) is 10.5. The number of aliphatic hydroxyl groups excluding tert-OH is 1. The fourth-order valence-corrected chi connectivity index (χ4v) is 4.16. The van der Waals surface area contributed by atoms with Crippen molar-refractivity contribution in [3.05, 3.63) is 0 Å². The standard InChI is InChI=1S/C20H37NO4/c1-3-4-5-6-7-8-11-14-20(21-16(2)22)24-15-19(25-20)17-12-9-10-13-18(17)23/h17-19,23H,3-15H2,1-2H3,(H,21,22)/t17-,18+,19?,20?/m0/s1. The number of rotatable bonds is 10. The lowest BCUT2D eigenvalue weighted by Crippen LogP contribution is -2.50. The van der Waals surface area contributed by atoms with Gasteiger partial charge in [0.25, 0.3) is 5.91 Å². The van der Waals surface area contributed by atoms with Crippen molar-refractivity contribution >= 4 is 5.91 Å². The molecule has 2 rings (SSSR count). The third-order valence-electron chi connectivity index (χ3n) is 5.56. The summed E-state index contributed by atoms with van der Waals surface area (Å²) in [6, 6.07) is 0. The van der Waals surface area contributed by atoms with Gasteiger partial charge in [-0.25, -0.2) is 0 Å². The van der Waals surface area contributed by atoms with Gasteiger partial charge >= 0.3 is 0 Å². The molecule has 1 aliphatic heterocycles. The van der Waals surface area contributed by atoms with Gasteiger partial charge in [-0.15, -0.1) is 0 Å². The highest BCUT2D eigenvalue weighted by Gasteiger charge is 2.46. The van der Waals surface area contributed by atoms with Crippen LogP contribution in [0.25, 0.3) is 0 Å². The van der Waals surface area contributed by atoms with E-state index in [1.807, 2.05) is 0 Å². The third kappa shape index (κ3) is 6.54. The van der Waals surface area contributed by atoms with Crippen LogP contribution in [0.4, 0.5) is 0 Å². The summed E-state index contributed by atoms with van der Waals surface area (Å²) < 4.78 is 12.1. The number of amides is 1. The van der Waals surface area contributed by atoms with Crippen LogP contribution in [0.5, 0.6) is 0 Å². The Kier molecular flexibility index (Phi) is 8.67. The van der Waals surface area contributed by atoms with E-state index in [9.17, 15) is 9.90 Å². The van der Waals surface area contributed by atoms with Gasteiger partial charge in [-0.1, -0.05) is 58.3 Å². The van der Waals surface area contributed by atoms with Crippen molar-refractivity contribution in [2.45, 2.75) is 109 Å². The molecule has 1 aliphatic carbocycles. The van der Waals surface area contributed by atoms with Crippen molar-refractivity contribution in [2.75, 3.05) is 6.61 Å². The summed E-state index contributed by atoms with van der Waals surface area (Å²) in [5.41, 5.74) is 0. The predicted molar refractivity (Wildman–Crippen MR) is 97.9 cm³/mol. The Labute approximate surface area is 152 Å². The lowest BCUT2D eigenvalue weighted by Gasteiger charge is -2.33. The Hall–Kier alpha value is -0.650. The quantitative estimate of drug-likeness (QED) is 0.584. The van der Waals surface area contributed by atoms with Crippen LogP contribution >= 0.6 is 0 Å². The molecule has 0 aromatic carbocycles. The molecule has 25 heavy (non-hydrogen) atoms. The Morgan fingerprint density at radius 2 is 1.80 bits per heavy atom. The van der Waals surface area contributed by atoms with Crippen molar-refractivity contribution in [2.24, 2.45) is 5.92 Å². The van der Waals surface area contributed by atoms with Crippen LogP contribution in [-0.2, 0) is 14.3 Å². The van der Waals surface area contributed by atoms with Crippen molar-refractivity contribution in [1.82, 2.24) is 5.32 Å². The summed E-state index contributed by atoms with van der Waals surface area (Å²) in [5.74, 6) is -0.997. The van der Waals surface area contributed by atoms with Crippen LogP contribution in [0, 0.1) is 5.92 Å². The molecule has 2 N–H and O–H groups in total. The largest absolute Gasteiger partial charge is 0.393 e. The molecule has 1 heterocycles. The lowest BCUT2D eigenvalue weighted by atomic mass is 9.83. The van der Waals surface area contributed by atoms with Crippen LogP contribution in [0.3, 0.4) is 0 Å². The Morgan fingerprint density at radius 3 is 2.48 bits per heavy atom. The van der Waals surface area contributed by atoms with Gasteiger partial charge in [0.1, 0.15) is 0 Å². The second-order valence-corrected chi connectivity index (χ2v) is 7.79. The molecule has 0 aromatic rings. The van der Waals surface area contributed by atoms with Gasteiger partial charge in [0.05, 0.1) is 18.8 Å². The minimum atomic E-state index is -0.989. The molecule has 2 aliphatic rings. The molecule has 0 radical (unpaired) electrons. The fourth-order valence-electron chi connectivity index (χ4n) is 4.16. The number of carbonyl (C=O) groups excluding carboxylic acids is 1. The van der Waals surface area contributed by atoms with E-state index < -0.39 is 5.91 Å². The minimum absolute atomic E-state index is 0.119. The normalized spacial score (nSPS) is 32.7. The molecule has 1 saturated carbocycles. The van der Waals surface area contributed by atoms with Crippen molar-refractivity contribution in [3.8, 4) is 0 Å². The zero-order valence-corrected chi connectivity index (χ0v) is 16.1. The molecule has 146 valence electrons. The maximum Gasteiger partial charge on any atom is 0.251 e. The van der Waals surface area contributed by atoms with Crippen LogP contribution in [0.1, 0.15) is 90.9 Å². The first kappa shape index (κ1) is 20.7. The fraction of sp³-hybridized carbons (Fsp3) is 0.950. The van der Waals surface area contributed by atoms with E-state index in [-0.39, 0.29) is 24.0 Å². The predicted octanol–water partition coefficient (Wildman–Crippen LogP) is 3.88. The summed E-state index contributed by atoms with van der Waals surface area (Å²) in [4.78, 5) is 11.6. The molecular formula is C20H37NO4. The Balaban J connectivity index is 1.80. The monoisotopic (exact) mass is 355 g/mol. The highest BCUT2D eigenvalue weighted by Crippen LogP contribution is 2.36. The number of carbonyl (C=O) groups is 1. The summed E-state index contributed by atoms with van der Waals surface area (Å²) in [5, 5.41) is 13.2. The van der Waals surface area contributed by atoms with Gasteiger partial charge in [0.15, 0.2) is 0 Å². The van der Waals surface area contributed by atoms with E-state index >= 15 is 0 Å². The van der Waals surface area contributed by atoms with Gasteiger partial charge in [0.2, 0.25) is 5.91 Å². The molecule has 4 atom stereocenters. The topological polar surface area (TPSA) is 67.8 Å². The minimum Gasteiger partial charge on any atom is -0.393 e. The van der Waals surface area contributed by atoms with Crippen molar-refractivity contribution in [1.29, 1.82) is 0 Å². The van der Waals surface area contributed by atoms with E-state index in [1.54, 1.807) is 0 Å². The lowest BCUT2D eigenvalue weighted by molar-refractivity contribution is -0.206. The molecular weight excluding hydrogens is 318 g/mol. The van der Waals surface area contributed by atoms with E-state index in [0.717, 1.165) is 38.5 Å². The average Bonchev–Trinajstić information content (AvgIpc) is 2.97. The van der Waals surface area contributed by atoms with E-state index in [2.05, 4.69) is 12.2 Å². The van der Waals surface area contributed by atoms with Crippen LogP contribution < -0.4 is 5.32 Å². The summed E-state index contributed by atoms with van der Waals surface area (Å²) >= 11 is 0. The summed E-state index contributed by atoms with van der Waals surface area (Å²) in [6.45, 7) is 4.19. The van der Waals surface area contributed by atoms with Crippen LogP contribution in [0.15, 0.2) is 0 Å². The number of hydrogen-bond donors (Lipinski definition) is 2. The third-order valence-corrected chi connectivity index (χ3v) is 5.56. The first-order chi connectivity index (χ1) is 12.1. The number of unbranched alkanes of at least 4 members (excludes halogenated alkanes) is 6. The van der Waals surface area contributed by atoms with Crippen LogP contribution in [0.2, 0.25) is 0 Å². The molecule has 0 bridgehead atoms. The number of aliphatic hydroxyl groups is 1. The smallest absolute Gasteiger partial charge is 0.251 e. The van der Waals surface area contributed by atoms with Gasteiger partial charge in [-0.05, 0) is 19.3 Å². The van der Waals surface area contributed by atoms with E-state index in [4.69, 9.17) is 9.47 Å². The maximum atomic E-state index is 11.6. The molecule has 1 amide bonds. The number of ether oxygens (including phenoxy) is 2. The zero-order valence-electron chi connectivity index (χ0n) is 16.1. The van der Waals surface area contributed by atoms with Crippen LogP contribution in [-0.4, -0.2) is 35.7 Å². The molecule has 0 aromatic heterocycles. The average molecular weight is 356 g/mol. The molecule has 5 nitrogen and oxygen atoms in total. The second-order valence-electron chi connectivity index (χ2n) is 7.79. The first-order valence-corrected chi connectivity index (χ1v) is 10.3. The molecule has 1 saturated heterocycles. The SMILES string of the molecule is CCCCCCCCCC1(NC(C)=O)OCC([C@H]2CCCC[C@H]2O)O1. The van der Waals surface area contributed by atoms with Gasteiger partial charge in [-0.2, -0.15) is 0 Å². The number of nitrogens with one attached hydrogen (secondary N) is 1. The molecule has 5 heteroatoms. The number of hydrogen-bond acceptors (Lipinski definition) is 4. The summed E-state index contributed by atoms with van der Waals surface area (Å²) in [6.07, 6.45) is 12.8. The molecule has 2 fully saturated rings. The van der Waals surface area contributed by atoms with E-state index in [1.165, 1.54) is 39.0 Å². The Morgan fingerprint density at radius 1 is 1.12 bits per heavy atom. The highest BCUT2D eigenvalue weighted by molar-refractivity contribution is 5.73. The molecule has 2 unspecified atom stereocenters. The van der Waals surface area contributed by atoms with E-state index in [0.29, 0.717) is 13.0 Å². The first-order valence-electron chi connectivity index (χ1n) is 10.3. The zero-order chi connectivity index (χ0) is 18.1. The maximum absolute atomic E-state index is 11.6. The summed E-state index contributed by atoms with van der Waals surface area (Å²) in [7, 11) is 0. The van der Waals surface area contributed by atoms with Crippen molar-refractivity contribution < 1.29 is 19.4 Å². The van der Waals surface area contributed by atoms with Gasteiger partial charge in [-0.3, -0.25) is 4.79 Å². The highest BCUT2D eigenvalue weighted by atomic mass is 16.8. The van der Waals surface area contributed by atoms with Gasteiger partial charge in [0, 0.05) is 19.3 Å². The Bertz CT molecular complexity index is 403. The van der Waals surface area contributed by atoms with Crippen molar-refractivity contribution in [3.63, 3.8) is 0 Å². The molecule has 0 spiro atoms. The van der Waals surface area contributed by atoms with Gasteiger partial charge < -0.3 is 19.9 Å².